The topological polar surface area (TPSA) is 105 Å². The molecule has 2 aromatic rings. The normalized spacial score (nSPS) is 22.1. The van der Waals surface area contributed by atoms with Gasteiger partial charge in [-0.15, -0.1) is 0 Å². The Kier molecular flexibility index (Phi) is 8.11. The van der Waals surface area contributed by atoms with Gasteiger partial charge >= 0.3 is 5.97 Å². The molecule has 0 bridgehead atoms. The zero-order valence-electron chi connectivity index (χ0n) is 20.1. The van der Waals surface area contributed by atoms with Crippen LogP contribution in [-0.4, -0.2) is 56.7 Å². The maximum Gasteiger partial charge on any atom is 0.306 e. The Bertz CT molecular complexity index is 1060. The summed E-state index contributed by atoms with van der Waals surface area (Å²) in [5, 5.41) is 17.6. The van der Waals surface area contributed by atoms with Crippen LogP contribution in [0.4, 0.5) is 0 Å². The minimum atomic E-state index is -0.766. The number of carbonyl (C=O) groups excluding carboxylic acids is 2. The van der Waals surface area contributed by atoms with E-state index in [1.165, 1.54) is 0 Å². The molecule has 188 valence electrons. The molecule has 1 saturated carbocycles. The Hall–Kier alpha value is -2.87. The molecule has 2 N–H and O–H groups in total. The number of hydrogen-bond donors (Lipinski definition) is 2. The van der Waals surface area contributed by atoms with Crippen LogP contribution in [0, 0.1) is 5.92 Å². The van der Waals surface area contributed by atoms with Gasteiger partial charge in [-0.25, -0.2) is 0 Å². The van der Waals surface area contributed by atoms with Gasteiger partial charge in [-0.3, -0.25) is 19.1 Å². The van der Waals surface area contributed by atoms with Crippen LogP contribution in [-0.2, 0) is 9.59 Å². The Morgan fingerprint density at radius 2 is 1.86 bits per heavy atom. The smallest absolute Gasteiger partial charge is 0.306 e. The molecule has 1 aliphatic carbocycles. The molecular formula is C26H33ClN4O4. The fraction of sp³-hybridized carbons (Fsp3) is 0.538. The Balaban J connectivity index is 1.46. The van der Waals surface area contributed by atoms with Crippen LogP contribution in [0.1, 0.15) is 74.8 Å². The molecule has 1 unspecified atom stereocenters. The second kappa shape index (κ2) is 11.2. The lowest BCUT2D eigenvalue weighted by atomic mass is 9.86. The van der Waals surface area contributed by atoms with Crippen molar-refractivity contribution in [1.29, 1.82) is 0 Å². The molecule has 35 heavy (non-hydrogen) atoms. The SMILES string of the molecule is CCCCCC1CN(CC(=O)NC2CCC(C(=O)O)CC2)C(=O)c2cc(-c3ccc(Cl)cc3)nn21. The Morgan fingerprint density at radius 3 is 2.51 bits per heavy atom. The first-order chi connectivity index (χ1) is 16.9. The van der Waals surface area contributed by atoms with Gasteiger partial charge in [0.2, 0.25) is 5.91 Å². The molecular weight excluding hydrogens is 468 g/mol. The summed E-state index contributed by atoms with van der Waals surface area (Å²) in [6.45, 7) is 2.59. The summed E-state index contributed by atoms with van der Waals surface area (Å²) < 4.78 is 1.84. The number of carboxylic acid groups (broad SMARTS) is 1. The van der Waals surface area contributed by atoms with E-state index in [1.807, 2.05) is 16.8 Å². The van der Waals surface area contributed by atoms with Gasteiger partial charge in [0.1, 0.15) is 5.69 Å². The largest absolute Gasteiger partial charge is 0.481 e. The van der Waals surface area contributed by atoms with Gasteiger partial charge in [-0.1, -0.05) is 49.9 Å². The number of amides is 2. The number of carbonyl (C=O) groups is 3. The number of benzene rings is 1. The summed E-state index contributed by atoms with van der Waals surface area (Å²) in [5.41, 5.74) is 2.10. The average Bonchev–Trinajstić information content (AvgIpc) is 3.29. The van der Waals surface area contributed by atoms with Crippen LogP contribution < -0.4 is 5.32 Å². The molecule has 0 radical (unpaired) electrons. The van der Waals surface area contributed by atoms with Gasteiger partial charge in [0.05, 0.1) is 24.2 Å². The van der Waals surface area contributed by atoms with Crippen molar-refractivity contribution in [1.82, 2.24) is 20.0 Å². The van der Waals surface area contributed by atoms with Gasteiger partial charge < -0.3 is 15.3 Å². The van der Waals surface area contributed by atoms with E-state index < -0.39 is 5.97 Å². The fourth-order valence-electron chi connectivity index (χ4n) is 5.08. The zero-order valence-corrected chi connectivity index (χ0v) is 20.8. The second-order valence-electron chi connectivity index (χ2n) is 9.66. The van der Waals surface area contributed by atoms with Crippen molar-refractivity contribution in [2.24, 2.45) is 5.92 Å². The summed E-state index contributed by atoms with van der Waals surface area (Å²) >= 11 is 6.03. The molecule has 2 heterocycles. The molecule has 8 nitrogen and oxygen atoms in total. The van der Waals surface area contributed by atoms with Crippen LogP contribution in [0.2, 0.25) is 5.02 Å². The van der Waals surface area contributed by atoms with Gasteiger partial charge in [0, 0.05) is 23.2 Å². The lowest BCUT2D eigenvalue weighted by Crippen LogP contribution is -2.49. The van der Waals surface area contributed by atoms with E-state index in [2.05, 4.69) is 12.2 Å². The quantitative estimate of drug-likeness (QED) is 0.492. The number of rotatable bonds is 9. The number of fused-ring (bicyclic) bond motifs is 1. The molecule has 9 heteroatoms. The third-order valence-corrected chi connectivity index (χ3v) is 7.33. The van der Waals surface area contributed by atoms with Crippen molar-refractivity contribution in [3.05, 3.63) is 41.0 Å². The minimum absolute atomic E-state index is 0.00843. The van der Waals surface area contributed by atoms with Crippen LogP contribution in [0.3, 0.4) is 0 Å². The summed E-state index contributed by atoms with van der Waals surface area (Å²) in [4.78, 5) is 39.0. The predicted molar refractivity (Wildman–Crippen MR) is 133 cm³/mol. The van der Waals surface area contributed by atoms with E-state index in [9.17, 15) is 19.5 Å². The molecule has 1 aromatic heterocycles. The fourth-order valence-corrected chi connectivity index (χ4v) is 5.21. The predicted octanol–water partition coefficient (Wildman–Crippen LogP) is 4.54. The number of aliphatic carboxylic acids is 1. The maximum atomic E-state index is 13.3. The van der Waals surface area contributed by atoms with Crippen molar-refractivity contribution < 1.29 is 19.5 Å². The van der Waals surface area contributed by atoms with Gasteiger partial charge in [-0.2, -0.15) is 5.10 Å². The molecule has 2 amide bonds. The number of aromatic nitrogens is 2. The Morgan fingerprint density at radius 1 is 1.14 bits per heavy atom. The second-order valence-corrected chi connectivity index (χ2v) is 10.1. The van der Waals surface area contributed by atoms with Crippen LogP contribution in [0.15, 0.2) is 30.3 Å². The molecule has 1 aliphatic heterocycles. The molecule has 4 rings (SSSR count). The highest BCUT2D eigenvalue weighted by molar-refractivity contribution is 6.30. The van der Waals surface area contributed by atoms with Crippen LogP contribution in [0.25, 0.3) is 11.3 Å². The number of halogens is 1. The maximum absolute atomic E-state index is 13.3. The van der Waals surface area contributed by atoms with Gasteiger partial charge in [0.15, 0.2) is 0 Å². The summed E-state index contributed by atoms with van der Waals surface area (Å²) in [6.07, 6.45) is 6.53. The molecule has 0 saturated heterocycles. The van der Waals surface area contributed by atoms with E-state index in [0.29, 0.717) is 48.6 Å². The summed E-state index contributed by atoms with van der Waals surface area (Å²) in [6, 6.07) is 9.15. The van der Waals surface area contributed by atoms with Crippen molar-refractivity contribution in [3.63, 3.8) is 0 Å². The molecule has 1 fully saturated rings. The Labute approximate surface area is 210 Å². The van der Waals surface area contributed by atoms with Gasteiger partial charge in [0.25, 0.3) is 5.91 Å². The average molecular weight is 501 g/mol. The lowest BCUT2D eigenvalue weighted by molar-refractivity contribution is -0.142. The van der Waals surface area contributed by atoms with Crippen molar-refractivity contribution in [2.45, 2.75) is 70.4 Å². The van der Waals surface area contributed by atoms with Crippen molar-refractivity contribution in [3.8, 4) is 11.3 Å². The third-order valence-electron chi connectivity index (χ3n) is 7.08. The first-order valence-electron chi connectivity index (χ1n) is 12.5. The first kappa shape index (κ1) is 25.2. The number of nitrogens with one attached hydrogen (secondary N) is 1. The monoisotopic (exact) mass is 500 g/mol. The van der Waals surface area contributed by atoms with Crippen LogP contribution >= 0.6 is 11.6 Å². The standard InChI is InChI=1S/C26H33ClN4O4/c1-2-3-4-5-21-15-30(16-24(32)28-20-12-8-18(9-13-20)26(34)35)25(33)23-14-22(29-31(21)23)17-6-10-19(27)11-7-17/h6-7,10-11,14,18,20-21H,2-5,8-9,12-13,15-16H2,1H3,(H,28,32)(H,34,35). The van der Waals surface area contributed by atoms with Gasteiger partial charge in [-0.05, 0) is 50.3 Å². The zero-order chi connectivity index (χ0) is 24.9. The highest BCUT2D eigenvalue weighted by atomic mass is 35.5. The minimum Gasteiger partial charge on any atom is -0.481 e. The number of hydrogen-bond acceptors (Lipinski definition) is 4. The van der Waals surface area contributed by atoms with Crippen molar-refractivity contribution >= 4 is 29.4 Å². The van der Waals surface area contributed by atoms with E-state index in [1.54, 1.807) is 23.1 Å². The summed E-state index contributed by atoms with van der Waals surface area (Å²) in [7, 11) is 0. The summed E-state index contributed by atoms with van der Waals surface area (Å²) in [5.74, 6) is -1.49. The highest BCUT2D eigenvalue weighted by Gasteiger charge is 2.34. The molecule has 1 aromatic carbocycles. The molecule has 2 aliphatic rings. The third kappa shape index (κ3) is 6.04. The van der Waals surface area contributed by atoms with E-state index in [-0.39, 0.29) is 36.4 Å². The number of carboxylic acids is 1. The van der Waals surface area contributed by atoms with Crippen molar-refractivity contribution in [2.75, 3.05) is 13.1 Å². The molecule has 0 spiro atoms. The first-order valence-corrected chi connectivity index (χ1v) is 12.9. The number of nitrogens with zero attached hydrogens (tertiary/aromatic N) is 3. The lowest BCUT2D eigenvalue weighted by Gasteiger charge is -2.34. The van der Waals surface area contributed by atoms with Crippen LogP contribution in [0.5, 0.6) is 0 Å². The van der Waals surface area contributed by atoms with E-state index in [0.717, 1.165) is 31.2 Å². The van der Waals surface area contributed by atoms with E-state index >= 15 is 0 Å². The van der Waals surface area contributed by atoms with E-state index in [4.69, 9.17) is 16.7 Å². The number of unbranched alkanes of at least 4 members (excludes halogenated alkanes) is 2. The molecule has 1 atom stereocenters. The highest BCUT2D eigenvalue weighted by Crippen LogP contribution is 2.30.